The Morgan fingerprint density at radius 2 is 1.85 bits per heavy atom. The Labute approximate surface area is 241 Å². The average Bonchev–Trinajstić information content (AvgIpc) is 3.45. The van der Waals surface area contributed by atoms with Crippen molar-refractivity contribution < 1.29 is 29.2 Å². The monoisotopic (exact) mass is 565 g/mol. The Bertz CT molecular complexity index is 789. The maximum absolute atomic E-state index is 14.1. The lowest BCUT2D eigenvalue weighted by Gasteiger charge is -2.49. The van der Waals surface area contributed by atoms with Gasteiger partial charge in [0.25, 0.3) is 0 Å². The number of amides is 1. The summed E-state index contributed by atoms with van der Waals surface area (Å²) >= 11 is 0. The first-order chi connectivity index (χ1) is 19.4. The van der Waals surface area contributed by atoms with Gasteiger partial charge in [-0.05, 0) is 70.4 Å². The molecular weight excluding hydrogens is 510 g/mol. The van der Waals surface area contributed by atoms with Crippen LogP contribution in [0.1, 0.15) is 70.6 Å². The summed E-state index contributed by atoms with van der Waals surface area (Å²) in [5.74, 6) is 0.819. The van der Waals surface area contributed by atoms with E-state index in [1.807, 2.05) is 4.90 Å². The smallest absolute Gasteiger partial charge is 0.230 e. The summed E-state index contributed by atoms with van der Waals surface area (Å²) in [6.07, 6.45) is 9.12. The van der Waals surface area contributed by atoms with Crippen LogP contribution in [0, 0.1) is 23.7 Å². The number of nitrogens with zero attached hydrogens (tertiary/aromatic N) is 2. The molecule has 1 amide bonds. The normalized spacial score (nSPS) is 39.4. The van der Waals surface area contributed by atoms with E-state index in [1.165, 1.54) is 32.1 Å². The van der Waals surface area contributed by atoms with E-state index in [2.05, 4.69) is 24.3 Å². The second-order valence-electron chi connectivity index (χ2n) is 13.7. The van der Waals surface area contributed by atoms with E-state index in [0.717, 1.165) is 52.0 Å². The molecular formula is C31H55N3O6. The van der Waals surface area contributed by atoms with Crippen molar-refractivity contribution in [3.63, 3.8) is 0 Å². The number of aliphatic hydroxyl groups excluding tert-OH is 2. The van der Waals surface area contributed by atoms with E-state index in [9.17, 15) is 15.0 Å². The highest BCUT2D eigenvalue weighted by Gasteiger charge is 2.47. The maximum Gasteiger partial charge on any atom is 0.230 e. The number of hydrogen-bond acceptors (Lipinski definition) is 8. The average molecular weight is 566 g/mol. The highest BCUT2D eigenvalue weighted by molar-refractivity contribution is 5.80. The molecule has 0 aromatic heterocycles. The molecule has 40 heavy (non-hydrogen) atoms. The van der Waals surface area contributed by atoms with Crippen LogP contribution in [0.15, 0.2) is 0 Å². The summed E-state index contributed by atoms with van der Waals surface area (Å²) in [5.41, 5.74) is 0. The first kappa shape index (κ1) is 30.6. The van der Waals surface area contributed by atoms with E-state index in [1.54, 1.807) is 0 Å². The second kappa shape index (κ2) is 14.6. The molecule has 230 valence electrons. The molecule has 8 unspecified atom stereocenters. The van der Waals surface area contributed by atoms with Crippen LogP contribution in [-0.4, -0.2) is 123 Å². The molecule has 0 aromatic rings. The van der Waals surface area contributed by atoms with Crippen LogP contribution in [-0.2, 0) is 19.0 Å². The number of ether oxygens (including phenoxy) is 3. The van der Waals surface area contributed by atoms with Gasteiger partial charge in [0.2, 0.25) is 5.91 Å². The maximum atomic E-state index is 14.1. The topological polar surface area (TPSA) is 104 Å². The zero-order valence-electron chi connectivity index (χ0n) is 24.9. The SMILES string of the molecule is CN(C)CCOC1CC2CCN(C(=O)C3C(O)CC(O)CC3OCC3CCCCC3)CC2C(N[C@H]2CCOC2)C1. The predicted molar refractivity (Wildman–Crippen MR) is 153 cm³/mol. The standard InChI is InChI=1S/C31H55N3O6/c1-33(2)11-13-39-25-14-22-8-10-34(18-26(22)27(17-25)32-23-9-12-38-20-23)31(37)30-28(36)15-24(35)16-29(30)40-19-21-6-4-3-5-7-21/h21-30,32,35-36H,3-20H2,1-2H3/t22?,23-,24?,25?,26?,27?,28?,29?,30?/m0/s1. The van der Waals surface area contributed by atoms with Crippen LogP contribution in [0.2, 0.25) is 0 Å². The van der Waals surface area contributed by atoms with Crippen molar-refractivity contribution in [1.82, 2.24) is 15.1 Å². The van der Waals surface area contributed by atoms with Crippen molar-refractivity contribution in [3.05, 3.63) is 0 Å². The number of piperidine rings is 1. The molecule has 0 spiro atoms. The zero-order valence-corrected chi connectivity index (χ0v) is 24.9. The van der Waals surface area contributed by atoms with Gasteiger partial charge >= 0.3 is 0 Å². The van der Waals surface area contributed by atoms with Crippen LogP contribution in [0.25, 0.3) is 0 Å². The fourth-order valence-corrected chi connectivity index (χ4v) is 8.07. The van der Waals surface area contributed by atoms with Crippen LogP contribution in [0.4, 0.5) is 0 Å². The van der Waals surface area contributed by atoms with Crippen LogP contribution >= 0.6 is 0 Å². The lowest BCUT2D eigenvalue weighted by Crippen LogP contribution is -2.60. The zero-order chi connectivity index (χ0) is 28.1. The molecule has 2 saturated heterocycles. The minimum Gasteiger partial charge on any atom is -0.393 e. The summed E-state index contributed by atoms with van der Waals surface area (Å²) in [4.78, 5) is 18.2. The van der Waals surface area contributed by atoms with Gasteiger partial charge < -0.3 is 39.5 Å². The molecule has 9 nitrogen and oxygen atoms in total. The van der Waals surface area contributed by atoms with Crippen LogP contribution in [0.3, 0.4) is 0 Å². The first-order valence-electron chi connectivity index (χ1n) is 16.2. The number of fused-ring (bicyclic) bond motifs is 1. The fourth-order valence-electron chi connectivity index (χ4n) is 8.07. The number of nitrogens with one attached hydrogen (secondary N) is 1. The Balaban J connectivity index is 1.23. The molecule has 3 saturated carbocycles. The molecule has 0 radical (unpaired) electrons. The number of rotatable bonds is 10. The molecule has 5 aliphatic rings. The summed E-state index contributed by atoms with van der Waals surface area (Å²) in [6.45, 7) is 5.27. The van der Waals surface area contributed by atoms with Crippen molar-refractivity contribution in [1.29, 1.82) is 0 Å². The minimum atomic E-state index is -0.865. The van der Waals surface area contributed by atoms with Gasteiger partial charge in [-0.25, -0.2) is 0 Å². The molecule has 5 rings (SSSR count). The lowest BCUT2D eigenvalue weighted by atomic mass is 9.70. The van der Waals surface area contributed by atoms with Crippen LogP contribution < -0.4 is 5.32 Å². The Hall–Kier alpha value is -0.810. The highest BCUT2D eigenvalue weighted by atomic mass is 16.5. The first-order valence-corrected chi connectivity index (χ1v) is 16.2. The van der Waals surface area contributed by atoms with Gasteiger partial charge in [-0.3, -0.25) is 4.79 Å². The molecule has 5 fully saturated rings. The van der Waals surface area contributed by atoms with Gasteiger partial charge in [-0.2, -0.15) is 0 Å². The molecule has 9 heteroatoms. The quantitative estimate of drug-likeness (QED) is 0.370. The predicted octanol–water partition coefficient (Wildman–Crippen LogP) is 2.04. The Morgan fingerprint density at radius 3 is 2.60 bits per heavy atom. The third-order valence-electron chi connectivity index (χ3n) is 10.4. The van der Waals surface area contributed by atoms with E-state index in [4.69, 9.17) is 14.2 Å². The number of likely N-dealkylation sites (tertiary alicyclic amines) is 1. The summed E-state index contributed by atoms with van der Waals surface area (Å²) in [7, 11) is 4.15. The Morgan fingerprint density at radius 1 is 1.02 bits per heavy atom. The van der Waals surface area contributed by atoms with Crippen molar-refractivity contribution in [3.8, 4) is 0 Å². The van der Waals surface area contributed by atoms with Crippen LogP contribution in [0.5, 0.6) is 0 Å². The number of hydrogen-bond donors (Lipinski definition) is 3. The summed E-state index contributed by atoms with van der Waals surface area (Å²) < 4.78 is 18.4. The second-order valence-corrected chi connectivity index (χ2v) is 13.7. The molecule has 2 aliphatic heterocycles. The molecule has 3 N–H and O–H groups in total. The van der Waals surface area contributed by atoms with E-state index in [-0.39, 0.29) is 24.5 Å². The largest absolute Gasteiger partial charge is 0.393 e. The summed E-state index contributed by atoms with van der Waals surface area (Å²) in [5, 5.41) is 25.4. The molecule has 0 aromatic carbocycles. The van der Waals surface area contributed by atoms with Crippen molar-refractivity contribution in [2.45, 2.75) is 107 Å². The van der Waals surface area contributed by atoms with Gasteiger partial charge in [0.15, 0.2) is 0 Å². The van der Waals surface area contributed by atoms with Crippen molar-refractivity contribution in [2.75, 3.05) is 60.2 Å². The number of carbonyl (C=O) groups is 1. The third kappa shape index (κ3) is 7.97. The number of likely N-dealkylation sites (N-methyl/N-ethyl adjacent to an activating group) is 1. The number of carbonyl (C=O) groups excluding carboxylic acids is 1. The third-order valence-corrected chi connectivity index (χ3v) is 10.4. The molecule has 2 heterocycles. The molecule has 9 atom stereocenters. The molecule has 3 aliphatic carbocycles. The molecule has 0 bridgehead atoms. The van der Waals surface area contributed by atoms with Gasteiger partial charge in [0.1, 0.15) is 0 Å². The van der Waals surface area contributed by atoms with Gasteiger partial charge in [0, 0.05) is 57.8 Å². The minimum absolute atomic E-state index is 0.0128. The van der Waals surface area contributed by atoms with Gasteiger partial charge in [-0.15, -0.1) is 0 Å². The van der Waals surface area contributed by atoms with E-state index in [0.29, 0.717) is 49.9 Å². The van der Waals surface area contributed by atoms with Gasteiger partial charge in [0.05, 0.1) is 43.5 Å². The van der Waals surface area contributed by atoms with Crippen molar-refractivity contribution >= 4 is 5.91 Å². The van der Waals surface area contributed by atoms with Crippen molar-refractivity contribution in [2.24, 2.45) is 23.7 Å². The summed E-state index contributed by atoms with van der Waals surface area (Å²) in [6, 6.07) is 0.637. The fraction of sp³-hybridized carbons (Fsp3) is 0.968. The van der Waals surface area contributed by atoms with E-state index < -0.39 is 24.2 Å². The van der Waals surface area contributed by atoms with Gasteiger partial charge in [-0.1, -0.05) is 19.3 Å². The highest BCUT2D eigenvalue weighted by Crippen LogP contribution is 2.40. The lowest BCUT2D eigenvalue weighted by molar-refractivity contribution is -0.163. The van der Waals surface area contributed by atoms with E-state index >= 15 is 0 Å². The Kier molecular flexibility index (Phi) is 11.2. The number of aliphatic hydroxyl groups is 2.